The summed E-state index contributed by atoms with van der Waals surface area (Å²) in [5.41, 5.74) is 3.45. The van der Waals surface area contributed by atoms with E-state index in [0.29, 0.717) is 29.6 Å². The van der Waals surface area contributed by atoms with E-state index in [9.17, 15) is 14.4 Å². The fourth-order valence-corrected chi connectivity index (χ4v) is 2.55. The molecule has 0 radical (unpaired) electrons. The molecule has 0 amide bonds. The Labute approximate surface area is 115 Å². The van der Waals surface area contributed by atoms with E-state index in [1.54, 1.807) is 24.3 Å². The van der Waals surface area contributed by atoms with E-state index >= 15 is 0 Å². The number of aldehydes is 1. The largest absolute Gasteiger partial charge is 0.340 e. The van der Waals surface area contributed by atoms with Crippen LogP contribution in [0.2, 0.25) is 0 Å². The van der Waals surface area contributed by atoms with E-state index in [1.165, 1.54) is 12.1 Å². The van der Waals surface area contributed by atoms with Crippen molar-refractivity contribution in [2.45, 2.75) is 6.42 Å². The molecule has 0 aliphatic carbocycles. The smallest absolute Gasteiger partial charge is 0.150 e. The van der Waals surface area contributed by atoms with Gasteiger partial charge < -0.3 is 4.90 Å². The van der Waals surface area contributed by atoms with Crippen LogP contribution in [0, 0.1) is 17.1 Å². The highest BCUT2D eigenvalue weighted by Gasteiger charge is 2.23. The van der Waals surface area contributed by atoms with E-state index in [0.717, 1.165) is 17.7 Å². The van der Waals surface area contributed by atoms with E-state index in [-0.39, 0.29) is 5.82 Å². The summed E-state index contributed by atoms with van der Waals surface area (Å²) in [4.78, 5) is 12.7. The lowest BCUT2D eigenvalue weighted by Gasteiger charge is -2.21. The highest BCUT2D eigenvalue weighted by molar-refractivity contribution is 5.80. The van der Waals surface area contributed by atoms with Crippen LogP contribution in [0.3, 0.4) is 0 Å². The first-order valence-electron chi connectivity index (χ1n) is 6.28. The van der Waals surface area contributed by atoms with Crippen LogP contribution in [0.25, 0.3) is 0 Å². The highest BCUT2D eigenvalue weighted by atomic mass is 19.1. The Bertz CT molecular complexity index is 734. The lowest BCUT2D eigenvalue weighted by Crippen LogP contribution is -2.15. The van der Waals surface area contributed by atoms with Gasteiger partial charge in [-0.3, -0.25) is 4.79 Å². The summed E-state index contributed by atoms with van der Waals surface area (Å²) in [6.45, 7) is 0.702. The number of nitrogens with zero attached hydrogens (tertiary/aromatic N) is 2. The molecule has 0 saturated heterocycles. The predicted molar refractivity (Wildman–Crippen MR) is 73.7 cm³/mol. The molecule has 2 aromatic carbocycles. The molecule has 1 heterocycles. The molecule has 0 aromatic heterocycles. The van der Waals surface area contributed by atoms with E-state index in [1.807, 2.05) is 4.90 Å². The molecule has 1 aliphatic rings. The minimum absolute atomic E-state index is 0.293. The Balaban J connectivity index is 2.11. The monoisotopic (exact) mass is 266 g/mol. The Hall–Kier alpha value is -2.67. The number of hydrogen-bond acceptors (Lipinski definition) is 3. The summed E-state index contributed by atoms with van der Waals surface area (Å²) in [7, 11) is 0. The maximum Gasteiger partial charge on any atom is 0.150 e. The molecule has 3 nitrogen and oxygen atoms in total. The van der Waals surface area contributed by atoms with Gasteiger partial charge in [-0.25, -0.2) is 4.39 Å². The molecule has 0 N–H and O–H groups in total. The molecule has 1 aliphatic heterocycles. The third kappa shape index (κ3) is 1.94. The summed E-state index contributed by atoms with van der Waals surface area (Å²) in [6, 6.07) is 11.8. The van der Waals surface area contributed by atoms with Gasteiger partial charge in [0.05, 0.1) is 11.3 Å². The zero-order valence-corrected chi connectivity index (χ0v) is 10.6. The van der Waals surface area contributed by atoms with Crippen molar-refractivity contribution in [1.29, 1.82) is 5.26 Å². The van der Waals surface area contributed by atoms with Gasteiger partial charge >= 0.3 is 0 Å². The van der Waals surface area contributed by atoms with Crippen molar-refractivity contribution < 1.29 is 9.18 Å². The zero-order valence-electron chi connectivity index (χ0n) is 10.6. The lowest BCUT2D eigenvalue weighted by molar-refractivity contribution is 0.112. The highest BCUT2D eigenvalue weighted by Crippen LogP contribution is 2.36. The van der Waals surface area contributed by atoms with Crippen molar-refractivity contribution in [2.24, 2.45) is 0 Å². The van der Waals surface area contributed by atoms with Gasteiger partial charge in [-0.1, -0.05) is 6.07 Å². The number of benzene rings is 2. The Morgan fingerprint density at radius 2 is 2.05 bits per heavy atom. The molecule has 0 saturated carbocycles. The van der Waals surface area contributed by atoms with Crippen LogP contribution in [-0.4, -0.2) is 12.8 Å². The van der Waals surface area contributed by atoms with Crippen LogP contribution in [-0.2, 0) is 6.42 Å². The first-order valence-corrected chi connectivity index (χ1v) is 6.28. The predicted octanol–water partition coefficient (Wildman–Crippen LogP) is 3.20. The second kappa shape index (κ2) is 4.78. The van der Waals surface area contributed by atoms with Crippen molar-refractivity contribution >= 4 is 17.7 Å². The Morgan fingerprint density at radius 3 is 2.80 bits per heavy atom. The van der Waals surface area contributed by atoms with Crippen molar-refractivity contribution in [1.82, 2.24) is 0 Å². The van der Waals surface area contributed by atoms with Crippen LogP contribution < -0.4 is 4.90 Å². The number of nitriles is 1. The first kappa shape index (κ1) is 12.4. The molecule has 3 rings (SSSR count). The van der Waals surface area contributed by atoms with Gasteiger partial charge in [-0.2, -0.15) is 5.26 Å². The van der Waals surface area contributed by atoms with Gasteiger partial charge in [0.1, 0.15) is 18.2 Å². The number of rotatable bonds is 2. The van der Waals surface area contributed by atoms with Crippen molar-refractivity contribution in [3.63, 3.8) is 0 Å². The lowest BCUT2D eigenvalue weighted by atomic mass is 10.1. The number of hydrogen-bond donors (Lipinski definition) is 0. The summed E-state index contributed by atoms with van der Waals surface area (Å²) < 4.78 is 13.4. The van der Waals surface area contributed by atoms with Crippen LogP contribution >= 0.6 is 0 Å². The summed E-state index contributed by atoms with van der Waals surface area (Å²) in [6.07, 6.45) is 1.53. The second-order valence-electron chi connectivity index (χ2n) is 4.68. The number of anilines is 2. The molecular formula is C16H11FN2O. The van der Waals surface area contributed by atoms with Crippen molar-refractivity contribution in [2.75, 3.05) is 11.4 Å². The minimum atomic E-state index is -0.293. The van der Waals surface area contributed by atoms with E-state index in [4.69, 9.17) is 0 Å². The number of fused-ring (bicyclic) bond motifs is 1. The molecule has 4 heteroatoms. The van der Waals surface area contributed by atoms with E-state index < -0.39 is 0 Å². The average Bonchev–Trinajstić information content (AvgIpc) is 2.89. The average molecular weight is 266 g/mol. The molecule has 98 valence electrons. The quantitative estimate of drug-likeness (QED) is 0.784. The molecule has 0 bridgehead atoms. The van der Waals surface area contributed by atoms with Crippen LogP contribution in [0.4, 0.5) is 15.8 Å². The van der Waals surface area contributed by atoms with Gasteiger partial charge in [0.2, 0.25) is 0 Å². The summed E-state index contributed by atoms with van der Waals surface area (Å²) in [5.74, 6) is -0.293. The van der Waals surface area contributed by atoms with Gasteiger partial charge in [-0.05, 0) is 42.3 Å². The number of carbonyl (C=O) groups excluding carboxylic acids is 1. The molecule has 0 unspecified atom stereocenters. The molecule has 20 heavy (non-hydrogen) atoms. The number of halogens is 1. The van der Waals surface area contributed by atoms with Gasteiger partial charge in [-0.15, -0.1) is 0 Å². The normalized spacial score (nSPS) is 12.9. The Morgan fingerprint density at radius 1 is 1.20 bits per heavy atom. The zero-order chi connectivity index (χ0) is 14.1. The fourth-order valence-electron chi connectivity index (χ4n) is 2.55. The summed E-state index contributed by atoms with van der Waals surface area (Å²) >= 11 is 0. The first-order chi connectivity index (χ1) is 9.72. The maximum atomic E-state index is 13.4. The third-order valence-corrected chi connectivity index (χ3v) is 3.51. The van der Waals surface area contributed by atoms with Crippen molar-refractivity contribution in [3.8, 4) is 6.07 Å². The minimum Gasteiger partial charge on any atom is -0.340 e. The topological polar surface area (TPSA) is 44.1 Å². The SMILES string of the molecule is N#Cc1cc(C=O)ccc1N1CCc2ccc(F)cc21. The van der Waals surface area contributed by atoms with Gasteiger partial charge in [0.15, 0.2) is 0 Å². The fraction of sp³-hybridized carbons (Fsp3) is 0.125. The second-order valence-corrected chi connectivity index (χ2v) is 4.68. The standard InChI is InChI=1S/C16H11FN2O/c17-14-3-2-12-5-6-19(16(12)8-14)15-4-1-11(10-20)7-13(15)9-18/h1-4,7-8,10H,5-6H2. The van der Waals surface area contributed by atoms with Crippen molar-refractivity contribution in [3.05, 3.63) is 58.9 Å². The Kier molecular flexibility index (Phi) is 2.96. The molecule has 0 atom stereocenters. The van der Waals surface area contributed by atoms with Crippen LogP contribution in [0.15, 0.2) is 36.4 Å². The van der Waals surface area contributed by atoms with E-state index in [2.05, 4.69) is 6.07 Å². The maximum absolute atomic E-state index is 13.4. The van der Waals surface area contributed by atoms with Gasteiger partial charge in [0.25, 0.3) is 0 Å². The molecule has 2 aromatic rings. The molecular weight excluding hydrogens is 255 g/mol. The third-order valence-electron chi connectivity index (χ3n) is 3.51. The summed E-state index contributed by atoms with van der Waals surface area (Å²) in [5, 5.41) is 9.23. The number of carbonyl (C=O) groups is 1. The molecule has 0 fully saturated rings. The van der Waals surface area contributed by atoms with Crippen LogP contribution in [0.1, 0.15) is 21.5 Å². The molecule has 0 spiro atoms. The van der Waals surface area contributed by atoms with Crippen LogP contribution in [0.5, 0.6) is 0 Å². The van der Waals surface area contributed by atoms with Gasteiger partial charge in [0, 0.05) is 17.8 Å².